The molecule has 0 fully saturated rings. The highest BCUT2D eigenvalue weighted by Crippen LogP contribution is 2.33. The fraction of sp³-hybridized carbons (Fsp3) is 0.200. The summed E-state index contributed by atoms with van der Waals surface area (Å²) in [6, 6.07) is 16.8. The summed E-state index contributed by atoms with van der Waals surface area (Å²) in [7, 11) is -1.16. The van der Waals surface area contributed by atoms with Gasteiger partial charge in [0.25, 0.3) is 0 Å². The van der Waals surface area contributed by atoms with E-state index in [1.807, 2.05) is 54.6 Å². The van der Waals surface area contributed by atoms with E-state index in [0.29, 0.717) is 6.61 Å². The van der Waals surface area contributed by atoms with Gasteiger partial charge in [0.2, 0.25) is 0 Å². The lowest BCUT2D eigenvalue weighted by molar-refractivity contribution is 0.273. The lowest BCUT2D eigenvalue weighted by Gasteiger charge is -2.30. The second-order valence-electron chi connectivity index (χ2n) is 4.52. The van der Waals surface area contributed by atoms with E-state index < -0.39 is 10.8 Å². The Balaban J connectivity index is 1.90. The molecule has 3 nitrogen and oxygen atoms in total. The number of ether oxygens (including phenoxy) is 1. The minimum Gasteiger partial charge on any atom is -0.492 e. The Labute approximate surface area is 114 Å². The van der Waals surface area contributed by atoms with E-state index in [-0.39, 0.29) is 11.3 Å². The van der Waals surface area contributed by atoms with Gasteiger partial charge in [0.1, 0.15) is 12.4 Å². The maximum Gasteiger partial charge on any atom is 0.124 e. The Hall–Kier alpha value is -1.65. The van der Waals surface area contributed by atoms with Crippen molar-refractivity contribution in [3.05, 3.63) is 60.2 Å². The quantitative estimate of drug-likeness (QED) is 0.913. The SMILES string of the molecule is NC1c2ccccc2OCC1S(=O)c1ccccc1. The first-order valence-electron chi connectivity index (χ1n) is 6.20. The summed E-state index contributed by atoms with van der Waals surface area (Å²) in [6.45, 7) is 0.389. The van der Waals surface area contributed by atoms with Gasteiger partial charge in [-0.05, 0) is 18.2 Å². The third kappa shape index (κ3) is 2.29. The lowest BCUT2D eigenvalue weighted by atomic mass is 10.0. The number of nitrogens with two attached hydrogens (primary N) is 1. The van der Waals surface area contributed by atoms with Crippen LogP contribution in [-0.2, 0) is 10.8 Å². The first kappa shape index (κ1) is 12.4. The monoisotopic (exact) mass is 273 g/mol. The summed E-state index contributed by atoms with van der Waals surface area (Å²) in [4.78, 5) is 0.797. The van der Waals surface area contributed by atoms with E-state index in [1.165, 1.54) is 0 Å². The Morgan fingerprint density at radius 2 is 1.74 bits per heavy atom. The standard InChI is InChI=1S/C15H15NO2S/c16-15-12-8-4-5-9-13(12)18-10-14(15)19(17)11-6-2-1-3-7-11/h1-9,14-15H,10,16H2. The lowest BCUT2D eigenvalue weighted by Crippen LogP contribution is -2.39. The first-order chi connectivity index (χ1) is 9.27. The fourth-order valence-electron chi connectivity index (χ4n) is 2.29. The molecule has 0 spiro atoms. The molecule has 0 saturated heterocycles. The molecule has 2 aromatic carbocycles. The minimum atomic E-state index is -1.16. The maximum atomic E-state index is 12.6. The Morgan fingerprint density at radius 3 is 2.53 bits per heavy atom. The number of hydrogen-bond acceptors (Lipinski definition) is 3. The number of para-hydroxylation sites is 1. The molecule has 3 atom stereocenters. The molecule has 0 bridgehead atoms. The smallest absolute Gasteiger partial charge is 0.124 e. The average Bonchev–Trinajstić information content (AvgIpc) is 2.48. The van der Waals surface area contributed by atoms with Crippen molar-refractivity contribution < 1.29 is 8.95 Å². The van der Waals surface area contributed by atoms with Crippen molar-refractivity contribution in [3.8, 4) is 5.75 Å². The van der Waals surface area contributed by atoms with E-state index in [0.717, 1.165) is 16.2 Å². The van der Waals surface area contributed by atoms with Gasteiger partial charge in [-0.2, -0.15) is 0 Å². The van der Waals surface area contributed by atoms with Crippen LogP contribution in [0.15, 0.2) is 59.5 Å². The van der Waals surface area contributed by atoms with Gasteiger partial charge in [-0.25, -0.2) is 0 Å². The van der Waals surface area contributed by atoms with Crippen LogP contribution in [-0.4, -0.2) is 16.1 Å². The zero-order valence-electron chi connectivity index (χ0n) is 10.4. The summed E-state index contributed by atoms with van der Waals surface area (Å²) < 4.78 is 18.2. The molecule has 0 aliphatic carbocycles. The normalized spacial score (nSPS) is 23.2. The molecule has 1 heterocycles. The largest absolute Gasteiger partial charge is 0.492 e. The maximum absolute atomic E-state index is 12.6. The van der Waals surface area contributed by atoms with Crippen LogP contribution in [0.25, 0.3) is 0 Å². The van der Waals surface area contributed by atoms with Crippen molar-refractivity contribution in [1.29, 1.82) is 0 Å². The Bertz CT molecular complexity index is 600. The first-order valence-corrected chi connectivity index (χ1v) is 7.41. The van der Waals surface area contributed by atoms with Crippen LogP contribution < -0.4 is 10.5 Å². The van der Waals surface area contributed by atoms with E-state index in [4.69, 9.17) is 10.5 Å². The molecular formula is C15H15NO2S. The molecule has 2 aromatic rings. The molecule has 98 valence electrons. The highest BCUT2D eigenvalue weighted by Gasteiger charge is 2.32. The van der Waals surface area contributed by atoms with Gasteiger partial charge in [-0.3, -0.25) is 4.21 Å². The molecule has 1 aliphatic rings. The molecule has 4 heteroatoms. The van der Waals surface area contributed by atoms with Crippen LogP contribution in [0, 0.1) is 0 Å². The number of hydrogen-bond donors (Lipinski definition) is 1. The van der Waals surface area contributed by atoms with Gasteiger partial charge in [0.15, 0.2) is 0 Å². The summed E-state index contributed by atoms with van der Waals surface area (Å²) in [6.07, 6.45) is 0. The van der Waals surface area contributed by atoms with Gasteiger partial charge >= 0.3 is 0 Å². The second-order valence-corrected chi connectivity index (χ2v) is 6.20. The van der Waals surface area contributed by atoms with Crippen LogP contribution in [0.1, 0.15) is 11.6 Å². The van der Waals surface area contributed by atoms with Crippen molar-refractivity contribution in [2.24, 2.45) is 5.73 Å². The highest BCUT2D eigenvalue weighted by atomic mass is 32.2. The average molecular weight is 273 g/mol. The van der Waals surface area contributed by atoms with Crippen LogP contribution in [0.3, 0.4) is 0 Å². The zero-order chi connectivity index (χ0) is 13.2. The van der Waals surface area contributed by atoms with E-state index >= 15 is 0 Å². The topological polar surface area (TPSA) is 52.3 Å². The summed E-state index contributed by atoms with van der Waals surface area (Å²) in [5, 5.41) is -0.211. The van der Waals surface area contributed by atoms with Crippen LogP contribution >= 0.6 is 0 Å². The number of rotatable bonds is 2. The van der Waals surface area contributed by atoms with Crippen LogP contribution in [0.5, 0.6) is 5.75 Å². The van der Waals surface area contributed by atoms with E-state index in [1.54, 1.807) is 0 Å². The van der Waals surface area contributed by atoms with Crippen molar-refractivity contribution >= 4 is 10.8 Å². The van der Waals surface area contributed by atoms with Crippen LogP contribution in [0.4, 0.5) is 0 Å². The van der Waals surface area contributed by atoms with Gasteiger partial charge in [-0.1, -0.05) is 36.4 Å². The van der Waals surface area contributed by atoms with Gasteiger partial charge in [-0.15, -0.1) is 0 Å². The number of fused-ring (bicyclic) bond motifs is 1. The van der Waals surface area contributed by atoms with Crippen molar-refractivity contribution in [2.75, 3.05) is 6.61 Å². The van der Waals surface area contributed by atoms with E-state index in [9.17, 15) is 4.21 Å². The fourth-order valence-corrected chi connectivity index (χ4v) is 3.67. The zero-order valence-corrected chi connectivity index (χ0v) is 11.2. The van der Waals surface area contributed by atoms with Gasteiger partial charge < -0.3 is 10.5 Å². The Morgan fingerprint density at radius 1 is 1.05 bits per heavy atom. The summed E-state index contributed by atoms with van der Waals surface area (Å²) in [5.74, 6) is 0.802. The van der Waals surface area contributed by atoms with Crippen molar-refractivity contribution in [2.45, 2.75) is 16.2 Å². The van der Waals surface area contributed by atoms with Gasteiger partial charge in [0.05, 0.1) is 22.1 Å². The number of benzene rings is 2. The molecule has 0 amide bonds. The third-order valence-electron chi connectivity index (χ3n) is 3.33. The highest BCUT2D eigenvalue weighted by molar-refractivity contribution is 7.85. The molecule has 2 N–H and O–H groups in total. The molecule has 0 radical (unpaired) electrons. The van der Waals surface area contributed by atoms with Crippen molar-refractivity contribution in [1.82, 2.24) is 0 Å². The predicted octanol–water partition coefficient (Wildman–Crippen LogP) is 2.26. The molecule has 3 unspecified atom stereocenters. The predicted molar refractivity (Wildman–Crippen MR) is 75.5 cm³/mol. The minimum absolute atomic E-state index is 0.211. The van der Waals surface area contributed by atoms with Crippen LogP contribution in [0.2, 0.25) is 0 Å². The summed E-state index contributed by atoms with van der Waals surface area (Å²) in [5.41, 5.74) is 7.19. The summed E-state index contributed by atoms with van der Waals surface area (Å²) >= 11 is 0. The second kappa shape index (κ2) is 5.15. The Kier molecular flexibility index (Phi) is 3.36. The van der Waals surface area contributed by atoms with E-state index in [2.05, 4.69) is 0 Å². The third-order valence-corrected chi connectivity index (χ3v) is 5.05. The van der Waals surface area contributed by atoms with Crippen molar-refractivity contribution in [3.63, 3.8) is 0 Å². The molecule has 19 heavy (non-hydrogen) atoms. The molecular weight excluding hydrogens is 258 g/mol. The molecule has 1 aliphatic heterocycles. The molecule has 0 aromatic heterocycles. The molecule has 0 saturated carbocycles. The van der Waals surface area contributed by atoms with Gasteiger partial charge in [0, 0.05) is 10.5 Å². The molecule has 3 rings (SSSR count).